The van der Waals surface area contributed by atoms with Gasteiger partial charge in [-0.05, 0) is 67.5 Å². The van der Waals surface area contributed by atoms with Gasteiger partial charge >= 0.3 is 5.97 Å². The molecule has 32 heavy (non-hydrogen) atoms. The van der Waals surface area contributed by atoms with Gasteiger partial charge in [0.1, 0.15) is 16.4 Å². The minimum Gasteiger partial charge on any atom is -0.462 e. The van der Waals surface area contributed by atoms with Crippen molar-refractivity contribution in [1.82, 2.24) is 0 Å². The number of hydrogen-bond donors (Lipinski definition) is 2. The number of benzene rings is 2. The fourth-order valence-electron chi connectivity index (χ4n) is 3.99. The van der Waals surface area contributed by atoms with E-state index in [1.54, 1.807) is 24.4 Å². The zero-order valence-corrected chi connectivity index (χ0v) is 18.7. The fourth-order valence-corrected chi connectivity index (χ4v) is 4.96. The van der Waals surface area contributed by atoms with Crippen LogP contribution in [0.25, 0.3) is 11.1 Å². The summed E-state index contributed by atoms with van der Waals surface area (Å²) in [7, 11) is 0. The highest BCUT2D eigenvalue weighted by Gasteiger charge is 2.23. The van der Waals surface area contributed by atoms with Crippen molar-refractivity contribution in [3.05, 3.63) is 70.4 Å². The number of anilines is 2. The van der Waals surface area contributed by atoms with Crippen LogP contribution in [0.3, 0.4) is 0 Å². The van der Waals surface area contributed by atoms with Crippen molar-refractivity contribution in [2.24, 2.45) is 0 Å². The quantitative estimate of drug-likeness (QED) is 0.454. The van der Waals surface area contributed by atoms with Crippen LogP contribution in [0.4, 0.5) is 15.1 Å². The first-order valence-electron chi connectivity index (χ1n) is 10.8. The average Bonchev–Trinajstić information content (AvgIpc) is 3.21. The van der Waals surface area contributed by atoms with Gasteiger partial charge in [0, 0.05) is 16.6 Å². The van der Waals surface area contributed by atoms with Crippen molar-refractivity contribution in [3.8, 4) is 11.1 Å². The number of halogens is 1. The normalized spacial score (nSPS) is 12.7. The zero-order valence-electron chi connectivity index (χ0n) is 17.9. The summed E-state index contributed by atoms with van der Waals surface area (Å²) in [5.74, 6) is -1.13. The average molecular weight is 453 g/mol. The number of thiophene rings is 1. The number of aryl methyl sites for hydroxylation is 1. The Balaban J connectivity index is 1.51. The summed E-state index contributed by atoms with van der Waals surface area (Å²) in [5.41, 5.74) is 5.19. The predicted molar refractivity (Wildman–Crippen MR) is 126 cm³/mol. The SMILES string of the molecule is CCOC(=O)c1c(-c2ccc(F)cc2)csc1NC(=O)CNc1cccc2c1CCCC2. The summed E-state index contributed by atoms with van der Waals surface area (Å²) < 4.78 is 18.5. The molecule has 2 aromatic carbocycles. The standard InChI is InChI=1S/C25H25FN2O3S/c1-2-31-25(30)23-20(17-10-12-18(26)13-11-17)15-32-24(23)28-22(29)14-27-21-9-5-7-16-6-3-4-8-19(16)21/h5,7,9-13,15,27H,2-4,6,8,14H2,1H3,(H,28,29). The van der Waals surface area contributed by atoms with Gasteiger partial charge in [-0.15, -0.1) is 11.3 Å². The van der Waals surface area contributed by atoms with Crippen molar-refractivity contribution in [2.45, 2.75) is 32.6 Å². The van der Waals surface area contributed by atoms with Crippen LogP contribution in [0.5, 0.6) is 0 Å². The Morgan fingerprint density at radius 1 is 1.09 bits per heavy atom. The predicted octanol–water partition coefficient (Wildman–Crippen LogP) is 5.66. The van der Waals surface area contributed by atoms with E-state index in [4.69, 9.17) is 4.74 Å². The van der Waals surface area contributed by atoms with Crippen LogP contribution in [0.2, 0.25) is 0 Å². The Morgan fingerprint density at radius 3 is 2.66 bits per heavy atom. The van der Waals surface area contributed by atoms with Gasteiger partial charge in [0.2, 0.25) is 5.91 Å². The van der Waals surface area contributed by atoms with Crippen LogP contribution >= 0.6 is 11.3 Å². The molecule has 0 bridgehead atoms. The van der Waals surface area contributed by atoms with E-state index >= 15 is 0 Å². The summed E-state index contributed by atoms with van der Waals surface area (Å²) in [5, 5.41) is 8.28. The van der Waals surface area contributed by atoms with Gasteiger partial charge in [-0.25, -0.2) is 9.18 Å². The Hall–Kier alpha value is -3.19. The van der Waals surface area contributed by atoms with Crippen LogP contribution in [0, 0.1) is 5.82 Å². The summed E-state index contributed by atoms with van der Waals surface area (Å²) >= 11 is 1.25. The molecule has 7 heteroatoms. The van der Waals surface area contributed by atoms with Gasteiger partial charge in [-0.3, -0.25) is 4.79 Å². The molecule has 3 aromatic rings. The number of hydrogen-bond acceptors (Lipinski definition) is 5. The molecule has 166 valence electrons. The van der Waals surface area contributed by atoms with E-state index in [9.17, 15) is 14.0 Å². The van der Waals surface area contributed by atoms with Crippen LogP contribution < -0.4 is 10.6 Å². The maximum absolute atomic E-state index is 13.3. The molecule has 1 heterocycles. The minimum atomic E-state index is -0.520. The molecule has 1 aliphatic rings. The van der Waals surface area contributed by atoms with Crippen molar-refractivity contribution in [1.29, 1.82) is 0 Å². The minimum absolute atomic E-state index is 0.0858. The highest BCUT2D eigenvalue weighted by atomic mass is 32.1. The molecule has 1 aliphatic carbocycles. The van der Waals surface area contributed by atoms with Crippen LogP contribution in [-0.2, 0) is 22.4 Å². The molecule has 0 saturated heterocycles. The Kier molecular flexibility index (Phi) is 6.85. The topological polar surface area (TPSA) is 67.4 Å². The third kappa shape index (κ3) is 4.83. The van der Waals surface area contributed by atoms with E-state index in [1.165, 1.54) is 41.0 Å². The molecule has 0 unspecified atom stereocenters. The first-order chi connectivity index (χ1) is 15.6. The first-order valence-corrected chi connectivity index (χ1v) is 11.6. The summed E-state index contributed by atoms with van der Waals surface area (Å²) in [4.78, 5) is 25.4. The zero-order chi connectivity index (χ0) is 22.5. The van der Waals surface area contributed by atoms with Crippen LogP contribution in [-0.4, -0.2) is 25.0 Å². The molecule has 2 N–H and O–H groups in total. The second kappa shape index (κ2) is 9.96. The molecule has 0 aliphatic heterocycles. The summed E-state index contributed by atoms with van der Waals surface area (Å²) in [6, 6.07) is 12.0. The van der Waals surface area contributed by atoms with Gasteiger partial charge in [-0.2, -0.15) is 0 Å². The number of carbonyl (C=O) groups excluding carboxylic acids is 2. The molecule has 0 radical (unpaired) electrons. The van der Waals surface area contributed by atoms with Gasteiger partial charge in [0.15, 0.2) is 0 Å². The first kappa shape index (κ1) is 22.0. The number of fused-ring (bicyclic) bond motifs is 1. The Morgan fingerprint density at radius 2 is 1.88 bits per heavy atom. The van der Waals surface area contributed by atoms with Crippen LogP contribution in [0.1, 0.15) is 41.3 Å². The van der Waals surface area contributed by atoms with E-state index in [-0.39, 0.29) is 30.4 Å². The number of nitrogens with one attached hydrogen (secondary N) is 2. The molecule has 0 atom stereocenters. The summed E-state index contributed by atoms with van der Waals surface area (Å²) in [6.07, 6.45) is 4.44. The number of rotatable bonds is 7. The van der Waals surface area contributed by atoms with E-state index in [0.29, 0.717) is 16.1 Å². The van der Waals surface area contributed by atoms with Crippen molar-refractivity contribution in [2.75, 3.05) is 23.8 Å². The molecule has 0 saturated carbocycles. The molecular weight excluding hydrogens is 427 g/mol. The van der Waals surface area contributed by atoms with E-state index in [2.05, 4.69) is 16.7 Å². The lowest BCUT2D eigenvalue weighted by atomic mass is 9.90. The molecule has 4 rings (SSSR count). The lowest BCUT2D eigenvalue weighted by Crippen LogP contribution is -2.23. The van der Waals surface area contributed by atoms with Gasteiger partial charge < -0.3 is 15.4 Å². The molecule has 5 nitrogen and oxygen atoms in total. The monoisotopic (exact) mass is 452 g/mol. The van der Waals surface area contributed by atoms with Crippen molar-refractivity contribution >= 4 is 33.9 Å². The summed E-state index contributed by atoms with van der Waals surface area (Å²) in [6.45, 7) is 2.03. The molecule has 0 fully saturated rings. The lowest BCUT2D eigenvalue weighted by Gasteiger charge is -2.20. The van der Waals surface area contributed by atoms with E-state index in [0.717, 1.165) is 24.9 Å². The maximum atomic E-state index is 13.3. The number of esters is 1. The highest BCUT2D eigenvalue weighted by molar-refractivity contribution is 7.15. The van der Waals surface area contributed by atoms with Gasteiger partial charge in [0.05, 0.1) is 13.2 Å². The third-order valence-corrected chi connectivity index (χ3v) is 6.41. The maximum Gasteiger partial charge on any atom is 0.341 e. The van der Waals surface area contributed by atoms with Crippen molar-refractivity contribution < 1.29 is 18.7 Å². The van der Waals surface area contributed by atoms with Crippen molar-refractivity contribution in [3.63, 3.8) is 0 Å². The Bertz CT molecular complexity index is 1120. The largest absolute Gasteiger partial charge is 0.462 e. The Labute approximate surface area is 190 Å². The second-order valence-corrected chi connectivity index (χ2v) is 8.51. The van der Waals surface area contributed by atoms with Gasteiger partial charge in [0.25, 0.3) is 0 Å². The van der Waals surface area contributed by atoms with E-state index < -0.39 is 5.97 Å². The van der Waals surface area contributed by atoms with Gasteiger partial charge in [-0.1, -0.05) is 24.3 Å². The highest BCUT2D eigenvalue weighted by Crippen LogP contribution is 2.36. The smallest absolute Gasteiger partial charge is 0.341 e. The second-order valence-electron chi connectivity index (χ2n) is 7.63. The van der Waals surface area contributed by atoms with E-state index in [1.807, 2.05) is 12.1 Å². The lowest BCUT2D eigenvalue weighted by molar-refractivity contribution is -0.114. The number of carbonyl (C=O) groups is 2. The fraction of sp³-hybridized carbons (Fsp3) is 0.280. The number of amides is 1. The molecule has 1 amide bonds. The third-order valence-electron chi connectivity index (χ3n) is 5.51. The number of ether oxygens (including phenoxy) is 1. The molecule has 1 aromatic heterocycles. The molecular formula is C25H25FN2O3S. The molecule has 0 spiro atoms. The van der Waals surface area contributed by atoms with Crippen LogP contribution in [0.15, 0.2) is 47.8 Å².